The van der Waals surface area contributed by atoms with Gasteiger partial charge >= 0.3 is 12.4 Å². The van der Waals surface area contributed by atoms with Crippen LogP contribution in [0.5, 0.6) is 0 Å². The van der Waals surface area contributed by atoms with Gasteiger partial charge in [-0.05, 0) is 82.6 Å². The number of hydrogen-bond acceptors (Lipinski definition) is 4. The molecule has 0 radical (unpaired) electrons. The van der Waals surface area contributed by atoms with Gasteiger partial charge in [-0.1, -0.05) is 90.6 Å². The Morgan fingerprint density at radius 3 is 2.02 bits per heavy atom. The highest BCUT2D eigenvalue weighted by Crippen LogP contribution is 2.51. The average molecular weight is 745 g/mol. The largest absolute Gasteiger partial charge is 0.416 e. The highest BCUT2D eigenvalue weighted by molar-refractivity contribution is 7.99. The van der Waals surface area contributed by atoms with Crippen LogP contribution < -0.4 is 10.6 Å². The van der Waals surface area contributed by atoms with E-state index < -0.39 is 41.7 Å². The molecule has 13 heteroatoms. The third kappa shape index (κ3) is 7.25. The molecule has 1 aliphatic rings. The van der Waals surface area contributed by atoms with Crippen molar-refractivity contribution in [3.63, 3.8) is 0 Å². The second-order valence-corrected chi connectivity index (χ2v) is 13.7. The minimum Gasteiger partial charge on any atom is -0.346 e. The van der Waals surface area contributed by atoms with Gasteiger partial charge < -0.3 is 15.6 Å². The molecular formula is C40H30F6N4O2S. The van der Waals surface area contributed by atoms with Gasteiger partial charge in [-0.25, -0.2) is 4.98 Å². The molecule has 0 aliphatic heterocycles. The summed E-state index contributed by atoms with van der Waals surface area (Å²) in [5.41, 5.74) is 3.87. The lowest BCUT2D eigenvalue weighted by Gasteiger charge is -2.31. The first-order valence-electron chi connectivity index (χ1n) is 16.6. The molecule has 7 rings (SSSR count). The number of amides is 2. The molecule has 3 N–H and O–H groups in total. The molecule has 0 saturated carbocycles. The van der Waals surface area contributed by atoms with Crippen molar-refractivity contribution in [1.82, 2.24) is 15.3 Å². The summed E-state index contributed by atoms with van der Waals surface area (Å²) in [5.74, 6) is -0.641. The van der Waals surface area contributed by atoms with Crippen molar-refractivity contribution in [2.75, 3.05) is 17.6 Å². The summed E-state index contributed by atoms with van der Waals surface area (Å²) in [5, 5.41) is 5.59. The fourth-order valence-corrected chi connectivity index (χ4v) is 7.72. The van der Waals surface area contributed by atoms with Gasteiger partial charge in [-0.15, -0.1) is 0 Å². The van der Waals surface area contributed by atoms with Gasteiger partial charge in [0.25, 0.3) is 5.91 Å². The van der Waals surface area contributed by atoms with Crippen LogP contribution in [0.15, 0.2) is 120 Å². The lowest BCUT2D eigenvalue weighted by molar-refractivity contribution is -0.141. The topological polar surface area (TPSA) is 86.9 Å². The molecule has 2 amide bonds. The fraction of sp³-hybridized carbons (Fsp3) is 0.175. The second-order valence-electron chi connectivity index (χ2n) is 12.6. The quantitative estimate of drug-likeness (QED) is 0.0741. The summed E-state index contributed by atoms with van der Waals surface area (Å²) >= 11 is 1.40. The van der Waals surface area contributed by atoms with E-state index in [-0.39, 0.29) is 12.0 Å². The second kappa shape index (κ2) is 14.1. The Morgan fingerprint density at radius 1 is 0.755 bits per heavy atom. The zero-order chi connectivity index (χ0) is 37.4. The zero-order valence-electron chi connectivity index (χ0n) is 27.7. The number of alkyl halides is 6. The number of nitrogens with one attached hydrogen (secondary N) is 3. The summed E-state index contributed by atoms with van der Waals surface area (Å²) in [6.45, 7) is -1.43. The third-order valence-electron chi connectivity index (χ3n) is 9.25. The van der Waals surface area contributed by atoms with Crippen molar-refractivity contribution in [2.45, 2.75) is 35.8 Å². The summed E-state index contributed by atoms with van der Waals surface area (Å²) < 4.78 is 78.9. The van der Waals surface area contributed by atoms with E-state index in [2.05, 4.69) is 20.6 Å². The van der Waals surface area contributed by atoms with E-state index >= 15 is 0 Å². The number of fused-ring (bicyclic) bond motifs is 4. The van der Waals surface area contributed by atoms with Crippen LogP contribution in [0.2, 0.25) is 0 Å². The highest BCUT2D eigenvalue weighted by Gasteiger charge is 2.49. The highest BCUT2D eigenvalue weighted by atomic mass is 32.2. The molecular weight excluding hydrogens is 715 g/mol. The van der Waals surface area contributed by atoms with Crippen molar-refractivity contribution in [3.05, 3.63) is 138 Å². The van der Waals surface area contributed by atoms with Crippen LogP contribution in [0, 0.1) is 0 Å². The maximum atomic E-state index is 13.8. The number of imidazole rings is 1. The Balaban J connectivity index is 1.05. The number of halogens is 6. The maximum absolute atomic E-state index is 13.8. The summed E-state index contributed by atoms with van der Waals surface area (Å²) in [4.78, 5) is 35.0. The molecule has 0 spiro atoms. The summed E-state index contributed by atoms with van der Waals surface area (Å²) in [6, 6.07) is 31.0. The molecule has 53 heavy (non-hydrogen) atoms. The van der Waals surface area contributed by atoms with Gasteiger partial charge in [-0.2, -0.15) is 26.3 Å². The van der Waals surface area contributed by atoms with Crippen molar-refractivity contribution in [2.24, 2.45) is 0 Å². The smallest absolute Gasteiger partial charge is 0.346 e. The SMILES string of the molecule is O=C(Nc1ccc2nc(SCCCC3(C(=O)NCC(F)(F)F)c4ccccc4-c4ccccc43)[nH]c2c1)c1ccccc1-c1ccc(C(F)(F)F)cc1. The first-order chi connectivity index (χ1) is 25.3. The average Bonchev–Trinajstić information content (AvgIpc) is 3.68. The van der Waals surface area contributed by atoms with Gasteiger partial charge in [0, 0.05) is 17.0 Å². The van der Waals surface area contributed by atoms with Gasteiger partial charge in [0.05, 0.1) is 16.6 Å². The predicted octanol–water partition coefficient (Wildman–Crippen LogP) is 10.0. The monoisotopic (exact) mass is 744 g/mol. The van der Waals surface area contributed by atoms with Crippen LogP contribution in [-0.2, 0) is 16.4 Å². The maximum Gasteiger partial charge on any atom is 0.416 e. The van der Waals surface area contributed by atoms with Gasteiger partial charge in [0.1, 0.15) is 12.0 Å². The van der Waals surface area contributed by atoms with Gasteiger partial charge in [0.15, 0.2) is 5.16 Å². The van der Waals surface area contributed by atoms with E-state index in [1.165, 1.54) is 23.9 Å². The number of carbonyl (C=O) groups excluding carboxylic acids is 2. The van der Waals surface area contributed by atoms with Crippen LogP contribution in [0.4, 0.5) is 32.0 Å². The van der Waals surface area contributed by atoms with Crippen LogP contribution in [0.3, 0.4) is 0 Å². The Bertz CT molecular complexity index is 2270. The molecule has 6 nitrogen and oxygen atoms in total. The number of H-pyrrole nitrogens is 1. The molecule has 270 valence electrons. The van der Waals surface area contributed by atoms with E-state index in [9.17, 15) is 35.9 Å². The first kappa shape index (κ1) is 35.8. The van der Waals surface area contributed by atoms with Gasteiger partial charge in [-0.3, -0.25) is 9.59 Å². The third-order valence-corrected chi connectivity index (χ3v) is 10.2. The molecule has 0 atom stereocenters. The van der Waals surface area contributed by atoms with Crippen molar-refractivity contribution >= 4 is 40.3 Å². The number of hydrogen-bond donors (Lipinski definition) is 3. The van der Waals surface area contributed by atoms with Crippen molar-refractivity contribution in [1.29, 1.82) is 0 Å². The molecule has 0 fully saturated rings. The molecule has 0 unspecified atom stereocenters. The summed E-state index contributed by atoms with van der Waals surface area (Å²) in [7, 11) is 0. The van der Waals surface area contributed by atoms with E-state index in [4.69, 9.17) is 0 Å². The molecule has 1 aliphatic carbocycles. The Hall–Kier alpha value is -5.56. The van der Waals surface area contributed by atoms with Gasteiger partial charge in [0.2, 0.25) is 5.91 Å². The molecule has 1 heterocycles. The Kier molecular flexibility index (Phi) is 9.54. The van der Waals surface area contributed by atoms with Crippen molar-refractivity contribution < 1.29 is 35.9 Å². The number of rotatable bonds is 10. The summed E-state index contributed by atoms with van der Waals surface area (Å²) in [6.07, 6.45) is -8.29. The lowest BCUT2D eigenvalue weighted by Crippen LogP contribution is -2.47. The fourth-order valence-electron chi connectivity index (χ4n) is 6.89. The number of anilines is 1. The Morgan fingerprint density at radius 2 is 1.38 bits per heavy atom. The number of thioether (sulfide) groups is 1. The van der Waals surface area contributed by atoms with E-state index in [0.717, 1.165) is 23.3 Å². The zero-order valence-corrected chi connectivity index (χ0v) is 28.6. The van der Waals surface area contributed by atoms with Crippen LogP contribution in [0.25, 0.3) is 33.3 Å². The number of carbonyl (C=O) groups is 2. The normalized spacial score (nSPS) is 13.4. The molecule has 1 aromatic heterocycles. The van der Waals surface area contributed by atoms with Crippen molar-refractivity contribution in [3.8, 4) is 22.3 Å². The number of nitrogens with zero attached hydrogens (tertiary/aromatic N) is 1. The van der Waals surface area contributed by atoms with Crippen LogP contribution >= 0.6 is 11.8 Å². The van der Waals surface area contributed by atoms with Crippen LogP contribution in [-0.4, -0.2) is 40.3 Å². The predicted molar refractivity (Wildman–Crippen MR) is 193 cm³/mol. The number of aromatic nitrogens is 2. The standard InChI is InChI=1S/C40H30F6N4O2S/c41-39(42,43)23-47-36(52)38(31-12-5-3-9-28(31)29-10-4-6-13-32(29)38)20-7-21-53-37-49-33-19-18-26(22-34(33)50-37)48-35(51)30-11-2-1-8-27(30)24-14-16-25(17-15-24)40(44,45)46/h1-6,8-19,22H,7,20-21,23H2,(H,47,52)(H,48,51)(H,49,50). The molecule has 6 aromatic rings. The first-order valence-corrected chi connectivity index (χ1v) is 17.6. The Labute approximate surface area is 304 Å². The molecule has 5 aromatic carbocycles. The number of aromatic amines is 1. The lowest BCUT2D eigenvalue weighted by atomic mass is 9.73. The molecule has 0 saturated heterocycles. The van der Waals surface area contributed by atoms with E-state index in [1.54, 1.807) is 66.7 Å². The number of benzene rings is 5. The molecule has 0 bridgehead atoms. The van der Waals surface area contributed by atoms with E-state index in [1.807, 2.05) is 24.3 Å². The van der Waals surface area contributed by atoms with Crippen LogP contribution in [0.1, 0.15) is 39.9 Å². The minimum absolute atomic E-state index is 0.266. The van der Waals surface area contributed by atoms with E-state index in [0.29, 0.717) is 56.3 Å². The minimum atomic E-state index is -4.56.